The summed E-state index contributed by atoms with van der Waals surface area (Å²) >= 11 is 0. The molecule has 7 heteroatoms. The topological polar surface area (TPSA) is 82.9 Å². The van der Waals surface area contributed by atoms with Crippen molar-refractivity contribution in [3.63, 3.8) is 0 Å². The molecular weight excluding hydrogens is 322 g/mol. The second-order valence-electron chi connectivity index (χ2n) is 7.06. The lowest BCUT2D eigenvalue weighted by Gasteiger charge is -2.23. The monoisotopic (exact) mass is 347 g/mol. The Balaban J connectivity index is 1.57. The van der Waals surface area contributed by atoms with Gasteiger partial charge in [-0.3, -0.25) is 24.2 Å². The van der Waals surface area contributed by atoms with Crippen LogP contribution < -0.4 is 5.32 Å². The quantitative estimate of drug-likeness (QED) is 0.781. The number of furan rings is 1. The summed E-state index contributed by atoms with van der Waals surface area (Å²) in [5.41, 5.74) is 0. The number of rotatable bonds is 6. The van der Waals surface area contributed by atoms with E-state index in [9.17, 15) is 14.4 Å². The van der Waals surface area contributed by atoms with Gasteiger partial charge in [-0.1, -0.05) is 12.8 Å². The lowest BCUT2D eigenvalue weighted by atomic mass is 9.81. The second-order valence-corrected chi connectivity index (χ2v) is 7.06. The fourth-order valence-electron chi connectivity index (χ4n) is 3.82. The van der Waals surface area contributed by atoms with Crippen molar-refractivity contribution in [3.05, 3.63) is 24.2 Å². The molecule has 1 aromatic rings. The minimum atomic E-state index is -0.321. The number of carbonyl (C=O) groups is 3. The molecule has 1 saturated carbocycles. The van der Waals surface area contributed by atoms with E-state index in [0.29, 0.717) is 6.54 Å². The van der Waals surface area contributed by atoms with Gasteiger partial charge in [-0.15, -0.1) is 0 Å². The highest BCUT2D eigenvalue weighted by Gasteiger charge is 2.48. The van der Waals surface area contributed by atoms with Crippen LogP contribution in [0, 0.1) is 11.8 Å². The van der Waals surface area contributed by atoms with E-state index in [0.717, 1.165) is 36.3 Å². The molecule has 1 aromatic heterocycles. The summed E-state index contributed by atoms with van der Waals surface area (Å²) in [5.74, 6) is -0.359. The van der Waals surface area contributed by atoms with Gasteiger partial charge in [-0.25, -0.2) is 0 Å². The molecule has 1 aliphatic carbocycles. The van der Waals surface area contributed by atoms with E-state index in [1.54, 1.807) is 12.3 Å². The fourth-order valence-corrected chi connectivity index (χ4v) is 3.82. The SMILES string of the molecule is CN(C)C(CNC(=O)CN1C(=O)C2CCCCC2C1=O)c1ccco1. The third kappa shape index (κ3) is 3.61. The first-order chi connectivity index (χ1) is 12.0. The number of likely N-dealkylation sites (N-methyl/N-ethyl adjacent to an activating group) is 1. The molecule has 3 rings (SSSR count). The molecule has 0 aromatic carbocycles. The molecule has 1 saturated heterocycles. The molecule has 3 amide bonds. The summed E-state index contributed by atoms with van der Waals surface area (Å²) < 4.78 is 5.41. The summed E-state index contributed by atoms with van der Waals surface area (Å²) in [5, 5.41) is 2.81. The van der Waals surface area contributed by atoms with Gasteiger partial charge in [0, 0.05) is 6.54 Å². The molecule has 3 atom stereocenters. The standard InChI is InChI=1S/C18H25N3O4/c1-20(2)14(15-8-5-9-25-15)10-19-16(22)11-21-17(23)12-6-3-4-7-13(12)18(21)24/h5,8-9,12-14H,3-4,6-7,10-11H2,1-2H3,(H,19,22). The molecule has 1 N–H and O–H groups in total. The smallest absolute Gasteiger partial charge is 0.240 e. The van der Waals surface area contributed by atoms with Crippen molar-refractivity contribution in [1.82, 2.24) is 15.1 Å². The number of amides is 3. The zero-order chi connectivity index (χ0) is 18.0. The van der Waals surface area contributed by atoms with Crippen LogP contribution in [-0.2, 0) is 14.4 Å². The number of hydrogen-bond acceptors (Lipinski definition) is 5. The Morgan fingerprint density at radius 3 is 2.44 bits per heavy atom. The molecule has 0 bridgehead atoms. The Labute approximate surface area is 147 Å². The lowest BCUT2D eigenvalue weighted by molar-refractivity contribution is -0.143. The maximum atomic E-state index is 12.4. The Hall–Kier alpha value is -2.15. The molecule has 2 fully saturated rings. The van der Waals surface area contributed by atoms with Gasteiger partial charge in [0.2, 0.25) is 17.7 Å². The maximum absolute atomic E-state index is 12.4. The second kappa shape index (κ2) is 7.39. The third-order valence-corrected chi connectivity index (χ3v) is 5.22. The highest BCUT2D eigenvalue weighted by molar-refractivity contribution is 6.07. The van der Waals surface area contributed by atoms with E-state index in [1.165, 1.54) is 0 Å². The van der Waals surface area contributed by atoms with Crippen LogP contribution in [0.15, 0.2) is 22.8 Å². The van der Waals surface area contributed by atoms with Crippen LogP contribution in [0.5, 0.6) is 0 Å². The predicted octanol–water partition coefficient (Wildman–Crippen LogP) is 1.17. The lowest BCUT2D eigenvalue weighted by Crippen LogP contribution is -2.43. The average Bonchev–Trinajstić information content (AvgIpc) is 3.19. The van der Waals surface area contributed by atoms with Crippen LogP contribution >= 0.6 is 0 Å². The van der Waals surface area contributed by atoms with Gasteiger partial charge in [0.15, 0.2) is 0 Å². The first-order valence-corrected chi connectivity index (χ1v) is 8.80. The van der Waals surface area contributed by atoms with Gasteiger partial charge in [0.05, 0.1) is 24.1 Å². The van der Waals surface area contributed by atoms with Gasteiger partial charge in [-0.05, 0) is 39.1 Å². The van der Waals surface area contributed by atoms with E-state index in [-0.39, 0.29) is 42.1 Å². The van der Waals surface area contributed by atoms with Crippen molar-refractivity contribution in [2.24, 2.45) is 11.8 Å². The van der Waals surface area contributed by atoms with Crippen LogP contribution in [0.1, 0.15) is 37.5 Å². The Kier molecular flexibility index (Phi) is 5.22. The summed E-state index contributed by atoms with van der Waals surface area (Å²) in [6.45, 7) is 0.158. The van der Waals surface area contributed by atoms with Crippen molar-refractivity contribution in [3.8, 4) is 0 Å². The third-order valence-electron chi connectivity index (χ3n) is 5.22. The molecule has 7 nitrogen and oxygen atoms in total. The Morgan fingerprint density at radius 2 is 1.92 bits per heavy atom. The van der Waals surface area contributed by atoms with E-state index in [4.69, 9.17) is 4.42 Å². The molecule has 136 valence electrons. The Bertz CT molecular complexity index is 617. The van der Waals surface area contributed by atoms with Crippen molar-refractivity contribution in [2.45, 2.75) is 31.7 Å². The van der Waals surface area contributed by atoms with Crippen molar-refractivity contribution in [1.29, 1.82) is 0 Å². The molecule has 3 unspecified atom stereocenters. The number of imide groups is 1. The van der Waals surface area contributed by atoms with E-state index in [2.05, 4.69) is 5.32 Å². The van der Waals surface area contributed by atoms with Crippen LogP contribution in [0.25, 0.3) is 0 Å². The number of likely N-dealkylation sites (tertiary alicyclic amines) is 1. The van der Waals surface area contributed by atoms with Crippen LogP contribution in [-0.4, -0.2) is 54.7 Å². The highest BCUT2D eigenvalue weighted by Crippen LogP contribution is 2.37. The molecule has 0 spiro atoms. The van der Waals surface area contributed by atoms with E-state index < -0.39 is 0 Å². The van der Waals surface area contributed by atoms with Gasteiger partial charge >= 0.3 is 0 Å². The number of nitrogens with zero attached hydrogens (tertiary/aromatic N) is 2. The van der Waals surface area contributed by atoms with Crippen molar-refractivity contribution in [2.75, 3.05) is 27.2 Å². The van der Waals surface area contributed by atoms with Crippen LogP contribution in [0.4, 0.5) is 0 Å². The molecule has 1 aliphatic heterocycles. The fraction of sp³-hybridized carbons (Fsp3) is 0.611. The minimum absolute atomic E-state index is 0.105. The number of hydrogen-bond donors (Lipinski definition) is 1. The summed E-state index contributed by atoms with van der Waals surface area (Å²) in [4.78, 5) is 40.2. The summed E-state index contributed by atoms with van der Waals surface area (Å²) in [6, 6.07) is 3.55. The highest BCUT2D eigenvalue weighted by atomic mass is 16.3. The zero-order valence-corrected chi connectivity index (χ0v) is 14.7. The molecular formula is C18H25N3O4. The predicted molar refractivity (Wildman–Crippen MR) is 90.3 cm³/mol. The number of fused-ring (bicyclic) bond motifs is 1. The van der Waals surface area contributed by atoms with E-state index in [1.807, 2.05) is 25.1 Å². The first kappa shape index (κ1) is 17.7. The van der Waals surface area contributed by atoms with Gasteiger partial charge in [0.25, 0.3) is 0 Å². The average molecular weight is 347 g/mol. The molecule has 2 heterocycles. The minimum Gasteiger partial charge on any atom is -0.468 e. The van der Waals surface area contributed by atoms with Crippen LogP contribution in [0.3, 0.4) is 0 Å². The van der Waals surface area contributed by atoms with Gasteiger partial charge < -0.3 is 9.73 Å². The maximum Gasteiger partial charge on any atom is 0.240 e. The first-order valence-electron chi connectivity index (χ1n) is 8.80. The van der Waals surface area contributed by atoms with Crippen molar-refractivity contribution >= 4 is 17.7 Å². The number of nitrogens with one attached hydrogen (secondary N) is 1. The Morgan fingerprint density at radius 1 is 1.28 bits per heavy atom. The summed E-state index contributed by atoms with van der Waals surface area (Å²) in [7, 11) is 3.80. The number of carbonyl (C=O) groups excluding carboxylic acids is 3. The normalized spacial score (nSPS) is 24.5. The molecule has 0 radical (unpaired) electrons. The summed E-state index contributed by atoms with van der Waals surface area (Å²) in [6.07, 6.45) is 5.07. The van der Waals surface area contributed by atoms with Gasteiger partial charge in [-0.2, -0.15) is 0 Å². The van der Waals surface area contributed by atoms with Crippen LogP contribution in [0.2, 0.25) is 0 Å². The van der Waals surface area contributed by atoms with E-state index >= 15 is 0 Å². The molecule has 2 aliphatic rings. The van der Waals surface area contributed by atoms with Gasteiger partial charge in [0.1, 0.15) is 12.3 Å². The zero-order valence-electron chi connectivity index (χ0n) is 14.7. The molecule has 25 heavy (non-hydrogen) atoms. The van der Waals surface area contributed by atoms with Crippen molar-refractivity contribution < 1.29 is 18.8 Å². The largest absolute Gasteiger partial charge is 0.468 e.